The van der Waals surface area contributed by atoms with E-state index in [0.717, 1.165) is 31.2 Å². The van der Waals surface area contributed by atoms with Gasteiger partial charge in [-0.1, -0.05) is 34.6 Å². The van der Waals surface area contributed by atoms with Crippen molar-refractivity contribution in [2.75, 3.05) is 5.75 Å². The zero-order valence-corrected chi connectivity index (χ0v) is 16.8. The topological polar surface area (TPSA) is 57.1 Å². The first-order valence-electron chi connectivity index (χ1n) is 7.82. The zero-order chi connectivity index (χ0) is 17.6. The van der Waals surface area contributed by atoms with E-state index in [1.807, 2.05) is 30.5 Å². The van der Waals surface area contributed by atoms with Crippen LogP contribution in [-0.4, -0.2) is 21.8 Å². The molecule has 3 heterocycles. The van der Waals surface area contributed by atoms with Gasteiger partial charge in [0.05, 0.1) is 10.2 Å². The number of nitrogens with one attached hydrogen (secondary N) is 1. The van der Waals surface area contributed by atoms with Gasteiger partial charge in [0.2, 0.25) is 0 Å². The number of aryl methyl sites for hydroxylation is 1. The molecule has 8 heteroatoms. The number of nitrogens with zero attached hydrogens (tertiary/aromatic N) is 3. The fraction of sp³-hybridized carbons (Fsp3) is 0.235. The molecule has 1 aromatic carbocycles. The van der Waals surface area contributed by atoms with Crippen molar-refractivity contribution in [1.29, 1.82) is 0 Å². The van der Waals surface area contributed by atoms with Crippen LogP contribution in [0.3, 0.4) is 0 Å². The van der Waals surface area contributed by atoms with Crippen molar-refractivity contribution in [2.24, 2.45) is 10.1 Å². The Hall–Kier alpha value is -1.64. The molecule has 5 nitrogen and oxygen atoms in total. The molecule has 0 saturated heterocycles. The van der Waals surface area contributed by atoms with Gasteiger partial charge >= 0.3 is 0 Å². The lowest BCUT2D eigenvalue weighted by atomic mass is 10.1. The van der Waals surface area contributed by atoms with Gasteiger partial charge in [0, 0.05) is 9.69 Å². The van der Waals surface area contributed by atoms with Gasteiger partial charge in [0.15, 0.2) is 11.3 Å². The summed E-state index contributed by atoms with van der Waals surface area (Å²) < 4.78 is 0.908. The highest BCUT2D eigenvalue weighted by atomic mass is 79.9. The highest BCUT2D eigenvalue weighted by Gasteiger charge is 2.35. The molecule has 1 amide bonds. The predicted octanol–water partition coefficient (Wildman–Crippen LogP) is 2.72. The number of hydrogen-bond donors (Lipinski definition) is 1. The normalized spacial score (nSPS) is 18.9. The molecule has 0 bridgehead atoms. The summed E-state index contributed by atoms with van der Waals surface area (Å²) in [6.07, 6.45) is -0.317. The van der Waals surface area contributed by atoms with Crippen molar-refractivity contribution < 1.29 is 4.79 Å². The number of benzene rings is 1. The van der Waals surface area contributed by atoms with E-state index in [1.54, 1.807) is 16.3 Å². The summed E-state index contributed by atoms with van der Waals surface area (Å²) in [5, 5.41) is 13.6. The van der Waals surface area contributed by atoms with E-state index in [1.165, 1.54) is 11.8 Å². The van der Waals surface area contributed by atoms with Gasteiger partial charge in [-0.3, -0.25) is 15.1 Å². The molecule has 0 spiro atoms. The van der Waals surface area contributed by atoms with Gasteiger partial charge in [-0.2, -0.15) is 0 Å². The van der Waals surface area contributed by atoms with Crippen molar-refractivity contribution in [3.63, 3.8) is 0 Å². The van der Waals surface area contributed by atoms with Crippen LogP contribution in [0.4, 0.5) is 0 Å². The molecule has 0 saturated carbocycles. The zero-order valence-electron chi connectivity index (χ0n) is 13.6. The number of hydrazone groups is 1. The number of halogens is 1. The monoisotopic (exact) mass is 434 g/mol. The summed E-state index contributed by atoms with van der Waals surface area (Å²) in [7, 11) is 0. The van der Waals surface area contributed by atoms with Crippen LogP contribution < -0.4 is 15.9 Å². The number of fused-ring (bicyclic) bond motifs is 2. The average Bonchev–Trinajstić information content (AvgIpc) is 3.00. The second kappa shape index (κ2) is 6.59. The predicted molar refractivity (Wildman–Crippen MR) is 106 cm³/mol. The van der Waals surface area contributed by atoms with Crippen LogP contribution in [0.5, 0.6) is 0 Å². The first-order valence-corrected chi connectivity index (χ1v) is 10.5. The van der Waals surface area contributed by atoms with Gasteiger partial charge < -0.3 is 0 Å². The summed E-state index contributed by atoms with van der Waals surface area (Å²) in [6, 6.07) is 7.87. The minimum Gasteiger partial charge on any atom is -0.298 e. The lowest BCUT2D eigenvalue weighted by Gasteiger charge is -2.33. The Morgan fingerprint density at radius 1 is 1.40 bits per heavy atom. The molecule has 0 fully saturated rings. The van der Waals surface area contributed by atoms with E-state index in [0.29, 0.717) is 10.9 Å². The van der Waals surface area contributed by atoms with Gasteiger partial charge in [-0.05, 0) is 47.9 Å². The Kier molecular flexibility index (Phi) is 4.43. The van der Waals surface area contributed by atoms with Gasteiger partial charge in [0.1, 0.15) is 5.70 Å². The molecule has 25 heavy (non-hydrogen) atoms. The molecule has 2 aromatic rings. The SMILES string of the molecule is CCSC1=NN2C(=c3cc(Br)ccc3=NC2c2sccc2C)C(=O)N1. The Morgan fingerprint density at radius 2 is 2.24 bits per heavy atom. The number of rotatable bonds is 2. The first kappa shape index (κ1) is 16.8. The molecule has 1 N–H and O–H groups in total. The second-order valence-corrected chi connectivity index (χ2v) is 8.73. The van der Waals surface area contributed by atoms with Crippen molar-refractivity contribution in [3.05, 3.63) is 55.1 Å². The smallest absolute Gasteiger partial charge is 0.276 e. The number of amides is 1. The maximum absolute atomic E-state index is 12.9. The van der Waals surface area contributed by atoms with Crippen LogP contribution in [0.2, 0.25) is 0 Å². The lowest BCUT2D eigenvalue weighted by molar-refractivity contribution is -0.116. The highest BCUT2D eigenvalue weighted by Crippen LogP contribution is 2.35. The lowest BCUT2D eigenvalue weighted by Crippen LogP contribution is -2.50. The van der Waals surface area contributed by atoms with E-state index in [4.69, 9.17) is 10.1 Å². The molecule has 128 valence electrons. The quantitative estimate of drug-likeness (QED) is 0.790. The van der Waals surface area contributed by atoms with Crippen LogP contribution in [0.25, 0.3) is 5.70 Å². The average molecular weight is 435 g/mol. The highest BCUT2D eigenvalue weighted by molar-refractivity contribution is 9.10. The Labute approximate surface area is 161 Å². The van der Waals surface area contributed by atoms with Gasteiger partial charge in [-0.15, -0.1) is 16.4 Å². The maximum atomic E-state index is 12.9. The van der Waals surface area contributed by atoms with Crippen molar-refractivity contribution in [1.82, 2.24) is 10.3 Å². The molecular formula is C17H15BrN4OS2. The van der Waals surface area contributed by atoms with E-state index in [-0.39, 0.29) is 12.1 Å². The Bertz CT molecular complexity index is 1010. The number of thioether (sulfide) groups is 1. The fourth-order valence-electron chi connectivity index (χ4n) is 2.87. The molecule has 2 aliphatic rings. The van der Waals surface area contributed by atoms with E-state index < -0.39 is 0 Å². The third-order valence-corrected chi connectivity index (χ3v) is 6.29. The molecule has 1 unspecified atom stereocenters. The van der Waals surface area contributed by atoms with E-state index in [2.05, 4.69) is 34.2 Å². The summed E-state index contributed by atoms with van der Waals surface area (Å²) in [5.41, 5.74) is 1.70. The van der Waals surface area contributed by atoms with Crippen LogP contribution >= 0.6 is 39.0 Å². The van der Waals surface area contributed by atoms with Gasteiger partial charge in [-0.25, -0.2) is 5.01 Å². The third kappa shape index (κ3) is 2.92. The molecule has 4 rings (SSSR count). The van der Waals surface area contributed by atoms with Crippen molar-refractivity contribution in [3.8, 4) is 0 Å². The molecule has 0 radical (unpaired) electrons. The number of carbonyl (C=O) groups is 1. The summed E-state index contributed by atoms with van der Waals surface area (Å²) in [5.74, 6) is 0.698. The number of carbonyl (C=O) groups excluding carboxylic acids is 1. The third-order valence-electron chi connectivity index (χ3n) is 3.99. The molecule has 1 aromatic heterocycles. The van der Waals surface area contributed by atoms with Crippen LogP contribution in [0, 0.1) is 6.92 Å². The first-order chi connectivity index (χ1) is 12.1. The summed E-state index contributed by atoms with van der Waals surface area (Å²) in [6.45, 7) is 4.10. The van der Waals surface area contributed by atoms with Crippen molar-refractivity contribution >= 4 is 55.8 Å². The van der Waals surface area contributed by atoms with Crippen LogP contribution in [0.1, 0.15) is 23.5 Å². The number of hydrogen-bond acceptors (Lipinski definition) is 6. The van der Waals surface area contributed by atoms with Crippen LogP contribution in [-0.2, 0) is 4.79 Å². The van der Waals surface area contributed by atoms with E-state index >= 15 is 0 Å². The summed E-state index contributed by atoms with van der Waals surface area (Å²) in [4.78, 5) is 18.9. The Balaban J connectivity index is 1.99. The molecular weight excluding hydrogens is 420 g/mol. The van der Waals surface area contributed by atoms with Crippen molar-refractivity contribution in [2.45, 2.75) is 20.0 Å². The molecule has 1 atom stereocenters. The summed E-state index contributed by atoms with van der Waals surface area (Å²) >= 11 is 6.64. The molecule has 2 aliphatic heterocycles. The van der Waals surface area contributed by atoms with Crippen LogP contribution in [0.15, 0.2) is 44.2 Å². The second-order valence-electron chi connectivity index (χ2n) is 5.62. The Morgan fingerprint density at radius 3 is 2.96 bits per heavy atom. The molecule has 0 aliphatic carbocycles. The minimum atomic E-state index is -0.317. The fourth-order valence-corrected chi connectivity index (χ4v) is 4.77. The number of amidine groups is 1. The standard InChI is InChI=1S/C17H15BrN4OS2/c1-3-24-17-20-16(23)13-11-8-10(18)4-5-12(11)19-15(22(13)21-17)14-9(2)6-7-25-14/h4-8,15H,3H2,1-2H3,(H,20,21,23). The van der Waals surface area contributed by atoms with E-state index in [9.17, 15) is 4.79 Å². The number of thiophene rings is 1. The minimum absolute atomic E-state index is 0.139. The maximum Gasteiger partial charge on any atom is 0.276 e. The largest absolute Gasteiger partial charge is 0.298 e. The van der Waals surface area contributed by atoms with Gasteiger partial charge in [0.25, 0.3) is 5.91 Å².